The molecule has 2 aromatic heterocycles. The summed E-state index contributed by atoms with van der Waals surface area (Å²) in [4.78, 5) is 8.04. The Morgan fingerprint density at radius 3 is 2.71 bits per heavy atom. The van der Waals surface area contributed by atoms with Gasteiger partial charge in [0.1, 0.15) is 11.9 Å². The van der Waals surface area contributed by atoms with Gasteiger partial charge in [-0.25, -0.2) is 9.97 Å². The Kier molecular flexibility index (Phi) is 3.01. The second-order valence-electron chi connectivity index (χ2n) is 3.71. The van der Waals surface area contributed by atoms with Crippen molar-refractivity contribution >= 4 is 5.82 Å². The summed E-state index contributed by atoms with van der Waals surface area (Å²) in [5, 5.41) is 15.9. The van der Waals surface area contributed by atoms with Gasteiger partial charge < -0.3 is 5.32 Å². The highest BCUT2D eigenvalue weighted by atomic mass is 15.2. The highest BCUT2D eigenvalue weighted by molar-refractivity contribution is 5.36. The average Bonchev–Trinajstić information content (AvgIpc) is 2.77. The molecule has 0 radical (unpaired) electrons. The van der Waals surface area contributed by atoms with Crippen LogP contribution in [0, 0.1) is 11.3 Å². The maximum absolute atomic E-state index is 8.61. The predicted molar refractivity (Wildman–Crippen MR) is 62.0 cm³/mol. The van der Waals surface area contributed by atoms with Crippen LogP contribution in [0.1, 0.15) is 24.2 Å². The molecule has 0 aromatic carbocycles. The molecule has 2 rings (SSSR count). The lowest BCUT2D eigenvalue weighted by Gasteiger charge is -2.11. The summed E-state index contributed by atoms with van der Waals surface area (Å²) in [6.07, 6.45) is 6.73. The van der Waals surface area contributed by atoms with E-state index in [0.29, 0.717) is 11.5 Å². The molecular weight excluding hydrogens is 216 g/mol. The van der Waals surface area contributed by atoms with Gasteiger partial charge in [0.2, 0.25) is 0 Å². The van der Waals surface area contributed by atoms with Crippen molar-refractivity contribution < 1.29 is 0 Å². The Labute approximate surface area is 98.9 Å². The summed E-state index contributed by atoms with van der Waals surface area (Å²) in [6, 6.07) is 2.02. The van der Waals surface area contributed by atoms with E-state index in [1.807, 2.05) is 26.2 Å². The number of nitrogens with one attached hydrogen (secondary N) is 1. The SMILES string of the molecule is CC(Nc1cnc(C#N)cn1)c1cnn(C)c1. The molecule has 17 heavy (non-hydrogen) atoms. The fraction of sp³-hybridized carbons (Fsp3) is 0.273. The molecular formula is C11H12N6. The lowest BCUT2D eigenvalue weighted by molar-refractivity contribution is 0.765. The second-order valence-corrected chi connectivity index (χ2v) is 3.71. The summed E-state index contributed by atoms with van der Waals surface area (Å²) < 4.78 is 1.75. The normalized spacial score (nSPS) is 11.8. The van der Waals surface area contributed by atoms with E-state index in [-0.39, 0.29) is 6.04 Å². The van der Waals surface area contributed by atoms with Gasteiger partial charge in [-0.2, -0.15) is 10.4 Å². The molecule has 6 heteroatoms. The summed E-state index contributed by atoms with van der Waals surface area (Å²) in [6.45, 7) is 2.01. The first kappa shape index (κ1) is 11.1. The number of rotatable bonds is 3. The Morgan fingerprint density at radius 2 is 2.18 bits per heavy atom. The highest BCUT2D eigenvalue weighted by Crippen LogP contribution is 2.15. The van der Waals surface area contributed by atoms with Crippen molar-refractivity contribution in [2.24, 2.45) is 7.05 Å². The van der Waals surface area contributed by atoms with Gasteiger partial charge in [0, 0.05) is 18.8 Å². The quantitative estimate of drug-likeness (QED) is 0.855. The van der Waals surface area contributed by atoms with Crippen LogP contribution >= 0.6 is 0 Å². The monoisotopic (exact) mass is 228 g/mol. The maximum atomic E-state index is 8.61. The Bertz CT molecular complexity index is 536. The van der Waals surface area contributed by atoms with Crippen molar-refractivity contribution in [2.45, 2.75) is 13.0 Å². The Morgan fingerprint density at radius 1 is 1.35 bits per heavy atom. The second kappa shape index (κ2) is 4.61. The van der Waals surface area contributed by atoms with E-state index in [2.05, 4.69) is 20.4 Å². The van der Waals surface area contributed by atoms with E-state index in [1.165, 1.54) is 6.20 Å². The molecule has 2 aromatic rings. The van der Waals surface area contributed by atoms with Crippen molar-refractivity contribution in [2.75, 3.05) is 5.32 Å². The van der Waals surface area contributed by atoms with Gasteiger partial charge in [0.25, 0.3) is 0 Å². The molecule has 0 saturated heterocycles. The smallest absolute Gasteiger partial charge is 0.158 e. The van der Waals surface area contributed by atoms with Crippen LogP contribution in [0.3, 0.4) is 0 Å². The molecule has 2 heterocycles. The van der Waals surface area contributed by atoms with E-state index < -0.39 is 0 Å². The number of aromatic nitrogens is 4. The zero-order chi connectivity index (χ0) is 12.3. The molecule has 0 bridgehead atoms. The van der Waals surface area contributed by atoms with Gasteiger partial charge in [0.15, 0.2) is 5.69 Å². The first-order chi connectivity index (χ1) is 8.19. The summed E-state index contributed by atoms with van der Waals surface area (Å²) in [5.41, 5.74) is 1.38. The van der Waals surface area contributed by atoms with Crippen LogP contribution in [-0.4, -0.2) is 19.7 Å². The summed E-state index contributed by atoms with van der Waals surface area (Å²) >= 11 is 0. The van der Waals surface area contributed by atoms with E-state index in [4.69, 9.17) is 5.26 Å². The molecule has 86 valence electrons. The van der Waals surface area contributed by atoms with Gasteiger partial charge >= 0.3 is 0 Å². The minimum Gasteiger partial charge on any atom is -0.362 e. The van der Waals surface area contributed by atoms with E-state index in [0.717, 1.165) is 5.56 Å². The van der Waals surface area contributed by atoms with Crippen LogP contribution in [0.15, 0.2) is 24.8 Å². The van der Waals surface area contributed by atoms with Gasteiger partial charge in [-0.3, -0.25) is 4.68 Å². The predicted octanol–water partition coefficient (Wildman–Crippen LogP) is 1.25. The molecule has 0 saturated carbocycles. The molecule has 0 spiro atoms. The number of aryl methyl sites for hydroxylation is 1. The molecule has 1 N–H and O–H groups in total. The highest BCUT2D eigenvalue weighted by Gasteiger charge is 2.08. The zero-order valence-electron chi connectivity index (χ0n) is 9.62. The first-order valence-corrected chi connectivity index (χ1v) is 5.16. The lowest BCUT2D eigenvalue weighted by Crippen LogP contribution is -2.07. The molecule has 0 fully saturated rings. The van der Waals surface area contributed by atoms with Gasteiger partial charge in [-0.1, -0.05) is 0 Å². The fourth-order valence-corrected chi connectivity index (χ4v) is 1.43. The van der Waals surface area contributed by atoms with Gasteiger partial charge in [0.05, 0.1) is 24.6 Å². The van der Waals surface area contributed by atoms with Crippen molar-refractivity contribution in [1.82, 2.24) is 19.7 Å². The number of nitriles is 1. The molecule has 6 nitrogen and oxygen atoms in total. The third-order valence-electron chi connectivity index (χ3n) is 2.36. The molecule has 1 unspecified atom stereocenters. The third kappa shape index (κ3) is 2.58. The van der Waals surface area contributed by atoms with Crippen LogP contribution < -0.4 is 5.32 Å². The van der Waals surface area contributed by atoms with Crippen molar-refractivity contribution in [1.29, 1.82) is 5.26 Å². The maximum Gasteiger partial charge on any atom is 0.158 e. The zero-order valence-corrected chi connectivity index (χ0v) is 9.62. The molecule has 1 atom stereocenters. The summed E-state index contributed by atoms with van der Waals surface area (Å²) in [5.74, 6) is 0.639. The standard InChI is InChI=1S/C11H12N6/c1-8(9-4-15-17(2)7-9)16-11-6-13-10(3-12)5-14-11/h4-8H,1-2H3,(H,14,16). The van der Waals surface area contributed by atoms with Gasteiger partial charge in [-0.15, -0.1) is 0 Å². The van der Waals surface area contributed by atoms with Crippen LogP contribution in [0.25, 0.3) is 0 Å². The minimum absolute atomic E-state index is 0.0888. The number of anilines is 1. The lowest BCUT2D eigenvalue weighted by atomic mass is 10.2. The third-order valence-corrected chi connectivity index (χ3v) is 2.36. The number of hydrogen-bond donors (Lipinski definition) is 1. The number of nitrogens with zero attached hydrogens (tertiary/aromatic N) is 5. The average molecular weight is 228 g/mol. The van der Waals surface area contributed by atoms with Crippen LogP contribution in [0.5, 0.6) is 0 Å². The van der Waals surface area contributed by atoms with Crippen LogP contribution in [0.4, 0.5) is 5.82 Å². The molecule has 0 aliphatic rings. The molecule has 0 aliphatic heterocycles. The van der Waals surface area contributed by atoms with Crippen LogP contribution in [0.2, 0.25) is 0 Å². The van der Waals surface area contributed by atoms with Crippen molar-refractivity contribution in [3.8, 4) is 6.07 Å². The summed E-state index contributed by atoms with van der Waals surface area (Å²) in [7, 11) is 1.87. The molecule has 0 amide bonds. The number of hydrogen-bond acceptors (Lipinski definition) is 5. The minimum atomic E-state index is 0.0888. The topological polar surface area (TPSA) is 79.4 Å². The fourth-order valence-electron chi connectivity index (χ4n) is 1.43. The van der Waals surface area contributed by atoms with E-state index in [9.17, 15) is 0 Å². The van der Waals surface area contributed by atoms with Crippen molar-refractivity contribution in [3.63, 3.8) is 0 Å². The largest absolute Gasteiger partial charge is 0.362 e. The van der Waals surface area contributed by atoms with Gasteiger partial charge in [-0.05, 0) is 6.92 Å². The Hall–Kier alpha value is -2.42. The van der Waals surface area contributed by atoms with Crippen molar-refractivity contribution in [3.05, 3.63) is 36.0 Å². The van der Waals surface area contributed by atoms with E-state index >= 15 is 0 Å². The van der Waals surface area contributed by atoms with Crippen LogP contribution in [-0.2, 0) is 7.05 Å². The van der Waals surface area contributed by atoms with E-state index in [1.54, 1.807) is 17.1 Å². The molecule has 0 aliphatic carbocycles. The first-order valence-electron chi connectivity index (χ1n) is 5.16. The Balaban J connectivity index is 2.08.